The van der Waals surface area contributed by atoms with E-state index in [0.717, 1.165) is 13.1 Å². The Morgan fingerprint density at radius 2 is 1.87 bits per heavy atom. The standard InChI is InChI=1S/C12H24N2O/c1-10(12(2,3)4)13-11(15)9-14-7-5-6-8-14/h10H,5-9H2,1-4H3,(H,13,15). The van der Waals surface area contributed by atoms with Crippen molar-refractivity contribution in [2.24, 2.45) is 5.41 Å². The number of amides is 1. The van der Waals surface area contributed by atoms with Crippen molar-refractivity contribution in [2.45, 2.75) is 46.6 Å². The number of rotatable bonds is 3. The molecule has 1 aliphatic rings. The number of nitrogens with one attached hydrogen (secondary N) is 1. The molecule has 0 spiro atoms. The van der Waals surface area contributed by atoms with Gasteiger partial charge in [0.2, 0.25) is 5.91 Å². The monoisotopic (exact) mass is 212 g/mol. The van der Waals surface area contributed by atoms with Crippen molar-refractivity contribution in [3.63, 3.8) is 0 Å². The normalized spacial score (nSPS) is 20.3. The Morgan fingerprint density at radius 1 is 1.33 bits per heavy atom. The third kappa shape index (κ3) is 4.20. The molecule has 1 heterocycles. The van der Waals surface area contributed by atoms with Gasteiger partial charge in [-0.05, 0) is 38.3 Å². The van der Waals surface area contributed by atoms with E-state index in [1.54, 1.807) is 0 Å². The quantitative estimate of drug-likeness (QED) is 0.771. The van der Waals surface area contributed by atoms with Gasteiger partial charge in [0.1, 0.15) is 0 Å². The number of carbonyl (C=O) groups excluding carboxylic acids is 1. The fourth-order valence-electron chi connectivity index (χ4n) is 1.65. The lowest BCUT2D eigenvalue weighted by Gasteiger charge is -2.28. The minimum atomic E-state index is 0.140. The predicted molar refractivity (Wildman–Crippen MR) is 62.7 cm³/mol. The second-order valence-electron chi connectivity index (χ2n) is 5.64. The molecule has 1 amide bonds. The van der Waals surface area contributed by atoms with Gasteiger partial charge < -0.3 is 5.32 Å². The van der Waals surface area contributed by atoms with Crippen LogP contribution in [0, 0.1) is 5.41 Å². The molecular weight excluding hydrogens is 188 g/mol. The van der Waals surface area contributed by atoms with Crippen LogP contribution in [0.15, 0.2) is 0 Å². The molecule has 3 heteroatoms. The first-order chi connectivity index (χ1) is 6.89. The third-order valence-electron chi connectivity index (χ3n) is 3.24. The van der Waals surface area contributed by atoms with E-state index in [-0.39, 0.29) is 17.4 Å². The van der Waals surface area contributed by atoms with Gasteiger partial charge in [0.25, 0.3) is 0 Å². The van der Waals surface area contributed by atoms with Crippen molar-refractivity contribution in [1.82, 2.24) is 10.2 Å². The molecule has 3 nitrogen and oxygen atoms in total. The highest BCUT2D eigenvalue weighted by Crippen LogP contribution is 2.18. The van der Waals surface area contributed by atoms with E-state index >= 15 is 0 Å². The summed E-state index contributed by atoms with van der Waals surface area (Å²) >= 11 is 0. The molecule has 0 aromatic carbocycles. The van der Waals surface area contributed by atoms with Crippen LogP contribution in [0.5, 0.6) is 0 Å². The van der Waals surface area contributed by atoms with Crippen LogP contribution in [0.4, 0.5) is 0 Å². The van der Waals surface area contributed by atoms with Gasteiger partial charge in [-0.2, -0.15) is 0 Å². The first-order valence-electron chi connectivity index (χ1n) is 5.91. The Bertz CT molecular complexity index is 214. The summed E-state index contributed by atoms with van der Waals surface area (Å²) in [6.07, 6.45) is 2.48. The van der Waals surface area contributed by atoms with E-state index in [1.165, 1.54) is 12.8 Å². The highest BCUT2D eigenvalue weighted by Gasteiger charge is 2.23. The van der Waals surface area contributed by atoms with E-state index in [9.17, 15) is 4.79 Å². The lowest BCUT2D eigenvalue weighted by Crippen LogP contribution is -2.45. The van der Waals surface area contributed by atoms with E-state index < -0.39 is 0 Å². The van der Waals surface area contributed by atoms with Gasteiger partial charge in [-0.25, -0.2) is 0 Å². The summed E-state index contributed by atoms with van der Waals surface area (Å²) in [6, 6.07) is 0.229. The number of likely N-dealkylation sites (tertiary alicyclic amines) is 1. The Hall–Kier alpha value is -0.570. The number of nitrogens with zero attached hydrogens (tertiary/aromatic N) is 1. The third-order valence-corrected chi connectivity index (χ3v) is 3.24. The maximum Gasteiger partial charge on any atom is 0.234 e. The molecule has 1 N–H and O–H groups in total. The average Bonchev–Trinajstić information content (AvgIpc) is 2.54. The van der Waals surface area contributed by atoms with Crippen LogP contribution in [-0.2, 0) is 4.79 Å². The van der Waals surface area contributed by atoms with Crippen molar-refractivity contribution in [3.05, 3.63) is 0 Å². The minimum absolute atomic E-state index is 0.140. The Balaban J connectivity index is 2.29. The molecule has 0 saturated carbocycles. The zero-order valence-electron chi connectivity index (χ0n) is 10.5. The zero-order valence-corrected chi connectivity index (χ0v) is 10.5. The molecule has 0 bridgehead atoms. The largest absolute Gasteiger partial charge is 0.352 e. The highest BCUT2D eigenvalue weighted by atomic mass is 16.2. The molecule has 0 radical (unpaired) electrons. The van der Waals surface area contributed by atoms with Crippen molar-refractivity contribution in [1.29, 1.82) is 0 Å². The molecule has 1 atom stereocenters. The van der Waals surface area contributed by atoms with Crippen LogP contribution in [-0.4, -0.2) is 36.5 Å². The lowest BCUT2D eigenvalue weighted by atomic mass is 9.88. The molecule has 88 valence electrons. The number of carbonyl (C=O) groups is 1. The van der Waals surface area contributed by atoms with Crippen molar-refractivity contribution in [2.75, 3.05) is 19.6 Å². The molecular formula is C12H24N2O. The molecule has 0 aromatic rings. The molecule has 0 aliphatic carbocycles. The highest BCUT2D eigenvalue weighted by molar-refractivity contribution is 5.78. The average molecular weight is 212 g/mol. The second kappa shape index (κ2) is 4.97. The number of hydrogen-bond acceptors (Lipinski definition) is 2. The molecule has 1 saturated heterocycles. The van der Waals surface area contributed by atoms with Crippen molar-refractivity contribution in [3.8, 4) is 0 Å². The molecule has 15 heavy (non-hydrogen) atoms. The minimum Gasteiger partial charge on any atom is -0.352 e. The topological polar surface area (TPSA) is 32.3 Å². The van der Waals surface area contributed by atoms with E-state index in [0.29, 0.717) is 6.54 Å². The van der Waals surface area contributed by atoms with Gasteiger partial charge in [-0.3, -0.25) is 9.69 Å². The van der Waals surface area contributed by atoms with E-state index in [2.05, 4.69) is 37.9 Å². The maximum absolute atomic E-state index is 11.7. The summed E-state index contributed by atoms with van der Waals surface area (Å²) in [5.41, 5.74) is 0.140. The first kappa shape index (κ1) is 12.5. The van der Waals surface area contributed by atoms with Gasteiger partial charge in [-0.15, -0.1) is 0 Å². The van der Waals surface area contributed by atoms with Gasteiger partial charge in [0.05, 0.1) is 6.54 Å². The molecule has 1 aliphatic heterocycles. The number of hydrogen-bond donors (Lipinski definition) is 1. The molecule has 0 aromatic heterocycles. The summed E-state index contributed by atoms with van der Waals surface area (Å²) in [4.78, 5) is 13.9. The van der Waals surface area contributed by atoms with Gasteiger partial charge in [-0.1, -0.05) is 20.8 Å². The molecule has 1 fully saturated rings. The second-order valence-corrected chi connectivity index (χ2v) is 5.64. The fraction of sp³-hybridized carbons (Fsp3) is 0.917. The van der Waals surface area contributed by atoms with Crippen LogP contribution in [0.2, 0.25) is 0 Å². The first-order valence-corrected chi connectivity index (χ1v) is 5.91. The summed E-state index contributed by atoms with van der Waals surface area (Å²) in [6.45, 7) is 11.2. The van der Waals surface area contributed by atoms with Crippen LogP contribution < -0.4 is 5.32 Å². The SMILES string of the molecule is CC(NC(=O)CN1CCCC1)C(C)(C)C. The summed E-state index contributed by atoms with van der Waals surface area (Å²) in [5, 5.41) is 3.07. The van der Waals surface area contributed by atoms with Crippen LogP contribution in [0.1, 0.15) is 40.5 Å². The maximum atomic E-state index is 11.7. The smallest absolute Gasteiger partial charge is 0.234 e. The van der Waals surface area contributed by atoms with Gasteiger partial charge in [0.15, 0.2) is 0 Å². The molecule has 1 rings (SSSR count). The van der Waals surface area contributed by atoms with Crippen LogP contribution in [0.25, 0.3) is 0 Å². The van der Waals surface area contributed by atoms with Crippen LogP contribution in [0.3, 0.4) is 0 Å². The van der Waals surface area contributed by atoms with Crippen molar-refractivity contribution < 1.29 is 4.79 Å². The Morgan fingerprint density at radius 3 is 2.33 bits per heavy atom. The summed E-state index contributed by atoms with van der Waals surface area (Å²) in [5.74, 6) is 0.166. The van der Waals surface area contributed by atoms with Gasteiger partial charge >= 0.3 is 0 Å². The fourth-order valence-corrected chi connectivity index (χ4v) is 1.65. The summed E-state index contributed by atoms with van der Waals surface area (Å²) < 4.78 is 0. The Labute approximate surface area is 93.2 Å². The Kier molecular flexibility index (Phi) is 4.14. The molecule has 1 unspecified atom stereocenters. The lowest BCUT2D eigenvalue weighted by molar-refractivity contribution is -0.123. The predicted octanol–water partition coefficient (Wildman–Crippen LogP) is 1.63. The summed E-state index contributed by atoms with van der Waals surface area (Å²) in [7, 11) is 0. The zero-order chi connectivity index (χ0) is 11.5. The van der Waals surface area contributed by atoms with Crippen molar-refractivity contribution >= 4 is 5.91 Å². The van der Waals surface area contributed by atoms with Crippen LogP contribution >= 0.6 is 0 Å². The van der Waals surface area contributed by atoms with E-state index in [4.69, 9.17) is 0 Å². The van der Waals surface area contributed by atoms with Gasteiger partial charge in [0, 0.05) is 6.04 Å². The van der Waals surface area contributed by atoms with E-state index in [1.807, 2.05) is 0 Å².